The second kappa shape index (κ2) is 6.02. The quantitative estimate of drug-likeness (QED) is 0.696. The van der Waals surface area contributed by atoms with Gasteiger partial charge in [0.15, 0.2) is 0 Å². The Balaban J connectivity index is 2.81. The molecule has 14 heavy (non-hydrogen) atoms. The van der Waals surface area contributed by atoms with E-state index in [-0.39, 0.29) is 0 Å². The molecule has 0 aliphatic heterocycles. The van der Waals surface area contributed by atoms with Crippen molar-refractivity contribution >= 4 is 22.0 Å². The summed E-state index contributed by atoms with van der Waals surface area (Å²) in [6, 6.07) is 8.79. The van der Waals surface area contributed by atoms with E-state index in [4.69, 9.17) is 0 Å². The lowest BCUT2D eigenvalue weighted by molar-refractivity contribution is 1.12. The van der Waals surface area contributed by atoms with E-state index in [9.17, 15) is 0 Å². The van der Waals surface area contributed by atoms with Gasteiger partial charge in [0.25, 0.3) is 0 Å². The van der Waals surface area contributed by atoms with Gasteiger partial charge in [0.05, 0.1) is 0 Å². The molecule has 0 aromatic heterocycles. The van der Waals surface area contributed by atoms with Crippen molar-refractivity contribution in [1.29, 1.82) is 0 Å². The zero-order valence-corrected chi connectivity index (χ0v) is 10.5. The fourth-order valence-electron chi connectivity index (χ4n) is 1.32. The molecule has 1 heteroatoms. The van der Waals surface area contributed by atoms with Gasteiger partial charge in [-0.25, -0.2) is 0 Å². The van der Waals surface area contributed by atoms with Gasteiger partial charge in [-0.1, -0.05) is 65.7 Å². The monoisotopic (exact) mass is 252 g/mol. The second-order valence-electron chi connectivity index (χ2n) is 3.38. The highest BCUT2D eigenvalue weighted by Gasteiger charge is 1.93. The normalized spacial score (nSPS) is 11.8. The van der Waals surface area contributed by atoms with Crippen LogP contribution in [-0.4, -0.2) is 5.33 Å². The molecule has 0 amide bonds. The molecule has 0 aliphatic carbocycles. The largest absolute Gasteiger partial charge is 0.0880 e. The van der Waals surface area contributed by atoms with Gasteiger partial charge in [-0.3, -0.25) is 0 Å². The van der Waals surface area contributed by atoms with Gasteiger partial charge >= 0.3 is 0 Å². The minimum Gasteiger partial charge on any atom is -0.0880 e. The Kier molecular flexibility index (Phi) is 4.95. The average Bonchev–Trinajstić information content (AvgIpc) is 2.26. The van der Waals surface area contributed by atoms with E-state index >= 15 is 0 Å². The van der Waals surface area contributed by atoms with Crippen LogP contribution in [0.4, 0.5) is 0 Å². The fourth-order valence-corrected chi connectivity index (χ4v) is 1.88. The van der Waals surface area contributed by atoms with Crippen molar-refractivity contribution in [2.45, 2.75) is 26.7 Å². The van der Waals surface area contributed by atoms with Crippen LogP contribution in [0.2, 0.25) is 0 Å². The molecule has 1 aromatic carbocycles. The lowest BCUT2D eigenvalue weighted by Gasteiger charge is -2.01. The lowest BCUT2D eigenvalue weighted by atomic mass is 10.1. The molecule has 0 spiro atoms. The van der Waals surface area contributed by atoms with Crippen molar-refractivity contribution in [1.82, 2.24) is 0 Å². The summed E-state index contributed by atoms with van der Waals surface area (Å²) in [5.41, 5.74) is 4.15. The van der Waals surface area contributed by atoms with Gasteiger partial charge in [0, 0.05) is 5.33 Å². The number of rotatable bonds is 4. The summed E-state index contributed by atoms with van der Waals surface area (Å²) < 4.78 is 0. The summed E-state index contributed by atoms with van der Waals surface area (Å²) in [7, 11) is 0. The van der Waals surface area contributed by atoms with Crippen molar-refractivity contribution in [3.63, 3.8) is 0 Å². The molecule has 0 unspecified atom stereocenters. The van der Waals surface area contributed by atoms with Gasteiger partial charge in [0.1, 0.15) is 0 Å². The average molecular weight is 253 g/mol. The van der Waals surface area contributed by atoms with Crippen molar-refractivity contribution < 1.29 is 0 Å². The first-order chi connectivity index (χ1) is 6.80. The van der Waals surface area contributed by atoms with E-state index in [1.165, 1.54) is 16.7 Å². The van der Waals surface area contributed by atoms with E-state index in [1.807, 2.05) is 0 Å². The van der Waals surface area contributed by atoms with Crippen LogP contribution < -0.4 is 0 Å². The van der Waals surface area contributed by atoms with E-state index < -0.39 is 0 Å². The van der Waals surface area contributed by atoms with Gasteiger partial charge in [-0.05, 0) is 24.0 Å². The van der Waals surface area contributed by atoms with Crippen LogP contribution in [-0.2, 0) is 6.42 Å². The molecule has 76 valence electrons. The maximum Gasteiger partial charge on any atom is 0.0245 e. The fraction of sp³-hybridized carbons (Fsp3) is 0.385. The SMILES string of the molecule is CCC(=Cc1ccc(CC)cc1)CBr. The third kappa shape index (κ3) is 3.30. The number of halogens is 1. The van der Waals surface area contributed by atoms with E-state index in [0.717, 1.165) is 18.2 Å². The first-order valence-corrected chi connectivity index (χ1v) is 6.26. The molecule has 0 nitrogen and oxygen atoms in total. The summed E-state index contributed by atoms with van der Waals surface area (Å²) >= 11 is 3.49. The summed E-state index contributed by atoms with van der Waals surface area (Å²) in [4.78, 5) is 0. The highest BCUT2D eigenvalue weighted by molar-refractivity contribution is 9.09. The zero-order chi connectivity index (χ0) is 10.4. The highest BCUT2D eigenvalue weighted by Crippen LogP contribution is 2.13. The molecular weight excluding hydrogens is 236 g/mol. The number of alkyl halides is 1. The standard InChI is InChI=1S/C13H17Br/c1-3-11-5-7-13(8-6-11)9-12(4-2)10-14/h5-9H,3-4,10H2,1-2H3. The molecule has 0 heterocycles. The number of aryl methyl sites for hydroxylation is 1. The topological polar surface area (TPSA) is 0 Å². The molecule has 0 bridgehead atoms. The Morgan fingerprint density at radius 3 is 2.29 bits per heavy atom. The van der Waals surface area contributed by atoms with E-state index in [2.05, 4.69) is 60.1 Å². The number of benzene rings is 1. The summed E-state index contributed by atoms with van der Waals surface area (Å²) in [5, 5.41) is 0.971. The zero-order valence-electron chi connectivity index (χ0n) is 8.89. The second-order valence-corrected chi connectivity index (χ2v) is 3.95. The van der Waals surface area contributed by atoms with Gasteiger partial charge < -0.3 is 0 Å². The van der Waals surface area contributed by atoms with Gasteiger partial charge in [0.2, 0.25) is 0 Å². The number of hydrogen-bond donors (Lipinski definition) is 0. The minimum absolute atomic E-state index is 0.971. The first kappa shape index (κ1) is 11.5. The Morgan fingerprint density at radius 1 is 1.21 bits per heavy atom. The molecule has 0 radical (unpaired) electrons. The lowest BCUT2D eigenvalue weighted by Crippen LogP contribution is -1.83. The third-order valence-electron chi connectivity index (χ3n) is 2.38. The molecule has 0 saturated carbocycles. The van der Waals surface area contributed by atoms with Crippen molar-refractivity contribution in [3.05, 3.63) is 41.0 Å². The van der Waals surface area contributed by atoms with Gasteiger partial charge in [-0.15, -0.1) is 0 Å². The van der Waals surface area contributed by atoms with Crippen LogP contribution in [0.3, 0.4) is 0 Å². The van der Waals surface area contributed by atoms with Crippen molar-refractivity contribution in [3.8, 4) is 0 Å². The molecule has 0 aliphatic rings. The summed E-state index contributed by atoms with van der Waals surface area (Å²) in [6.45, 7) is 4.37. The Labute approximate surface area is 95.2 Å². The molecule has 1 rings (SSSR count). The third-order valence-corrected chi connectivity index (χ3v) is 3.10. The molecule has 0 atom stereocenters. The first-order valence-electron chi connectivity index (χ1n) is 5.14. The minimum atomic E-state index is 0.971. The van der Waals surface area contributed by atoms with Crippen molar-refractivity contribution in [2.75, 3.05) is 5.33 Å². The van der Waals surface area contributed by atoms with Crippen LogP contribution in [0.15, 0.2) is 29.8 Å². The Morgan fingerprint density at radius 2 is 1.86 bits per heavy atom. The molecule has 0 saturated heterocycles. The predicted octanol–water partition coefficient (Wildman–Crippen LogP) is 4.44. The van der Waals surface area contributed by atoms with Crippen LogP contribution in [0.1, 0.15) is 31.4 Å². The maximum atomic E-state index is 3.49. The molecule has 0 N–H and O–H groups in total. The molecular formula is C13H17Br. The Hall–Kier alpha value is -0.560. The summed E-state index contributed by atoms with van der Waals surface area (Å²) in [5.74, 6) is 0. The maximum absolute atomic E-state index is 3.49. The van der Waals surface area contributed by atoms with Crippen LogP contribution in [0.5, 0.6) is 0 Å². The van der Waals surface area contributed by atoms with E-state index in [0.29, 0.717) is 0 Å². The molecule has 0 fully saturated rings. The predicted molar refractivity (Wildman–Crippen MR) is 67.9 cm³/mol. The number of hydrogen-bond acceptors (Lipinski definition) is 0. The highest BCUT2D eigenvalue weighted by atomic mass is 79.9. The smallest absolute Gasteiger partial charge is 0.0245 e. The Bertz CT molecular complexity index is 290. The van der Waals surface area contributed by atoms with Crippen LogP contribution in [0, 0.1) is 0 Å². The van der Waals surface area contributed by atoms with Gasteiger partial charge in [-0.2, -0.15) is 0 Å². The summed E-state index contributed by atoms with van der Waals surface area (Å²) in [6.07, 6.45) is 4.48. The van der Waals surface area contributed by atoms with Crippen LogP contribution in [0.25, 0.3) is 6.08 Å². The van der Waals surface area contributed by atoms with Crippen LogP contribution >= 0.6 is 15.9 Å². The number of allylic oxidation sites excluding steroid dienone is 1. The van der Waals surface area contributed by atoms with E-state index in [1.54, 1.807) is 0 Å². The molecule has 1 aromatic rings. The van der Waals surface area contributed by atoms with Crippen molar-refractivity contribution in [2.24, 2.45) is 0 Å².